The molecule has 0 saturated carbocycles. The first-order chi connectivity index (χ1) is 14.6. The van der Waals surface area contributed by atoms with Crippen molar-refractivity contribution in [2.45, 2.75) is 6.61 Å². The number of benzene rings is 3. The van der Waals surface area contributed by atoms with Gasteiger partial charge in [-0.15, -0.1) is 0 Å². The van der Waals surface area contributed by atoms with Gasteiger partial charge in [-0.1, -0.05) is 58.4 Å². The maximum absolute atomic E-state index is 12.5. The fourth-order valence-electron chi connectivity index (χ4n) is 2.89. The van der Waals surface area contributed by atoms with Crippen LogP contribution >= 0.6 is 15.9 Å². The lowest BCUT2D eigenvalue weighted by atomic mass is 10.1. The van der Waals surface area contributed by atoms with Crippen molar-refractivity contribution in [3.63, 3.8) is 0 Å². The highest BCUT2D eigenvalue weighted by Gasteiger charge is 2.27. The van der Waals surface area contributed by atoms with E-state index in [0.29, 0.717) is 17.1 Å². The Labute approximate surface area is 182 Å². The van der Waals surface area contributed by atoms with Crippen LogP contribution in [0.5, 0.6) is 11.5 Å². The lowest BCUT2D eigenvalue weighted by Crippen LogP contribution is -2.14. The fourth-order valence-corrected chi connectivity index (χ4v) is 3.15. The number of esters is 1. The molecule has 4 rings (SSSR count). The Morgan fingerprint density at radius 1 is 1.00 bits per heavy atom. The summed E-state index contributed by atoms with van der Waals surface area (Å²) in [6.45, 7) is -0.0454. The van der Waals surface area contributed by atoms with Crippen molar-refractivity contribution in [1.82, 2.24) is 0 Å². The van der Waals surface area contributed by atoms with Gasteiger partial charge >= 0.3 is 5.97 Å². The Bertz CT molecular complexity index is 1100. The van der Waals surface area contributed by atoms with E-state index in [1.807, 2.05) is 54.6 Å². The lowest BCUT2D eigenvalue weighted by Gasteiger charge is -2.08. The Balaban J connectivity index is 1.36. The second-order valence-corrected chi connectivity index (χ2v) is 7.50. The zero-order chi connectivity index (χ0) is 20.9. The summed E-state index contributed by atoms with van der Waals surface area (Å²) in [5, 5.41) is 0. The molecule has 0 radical (unpaired) electrons. The van der Waals surface area contributed by atoms with Gasteiger partial charge in [0.15, 0.2) is 12.4 Å². The van der Waals surface area contributed by atoms with Crippen LogP contribution in [0.1, 0.15) is 21.5 Å². The number of carbonyl (C=O) groups is 2. The van der Waals surface area contributed by atoms with Crippen molar-refractivity contribution < 1.29 is 23.8 Å². The number of fused-ring (bicyclic) bond motifs is 1. The molecule has 0 atom stereocenters. The zero-order valence-corrected chi connectivity index (χ0v) is 17.4. The third-order valence-electron chi connectivity index (χ3n) is 4.41. The standard InChI is InChI=1S/C24H17BrO5/c25-18-8-6-16(7-9-18)12-22-24(27)20-11-10-19(13-21(20)30-22)28-15-23(26)29-14-17-4-2-1-3-5-17/h1-13H,14-15H2. The molecular weight excluding hydrogens is 448 g/mol. The summed E-state index contributed by atoms with van der Waals surface area (Å²) in [4.78, 5) is 24.5. The Kier molecular flexibility index (Phi) is 5.95. The maximum atomic E-state index is 12.5. The van der Waals surface area contributed by atoms with Crippen molar-refractivity contribution in [3.8, 4) is 11.5 Å². The average molecular weight is 465 g/mol. The summed E-state index contributed by atoms with van der Waals surface area (Å²) in [6.07, 6.45) is 1.69. The third kappa shape index (κ3) is 4.78. The molecule has 0 aliphatic carbocycles. The molecule has 6 heteroatoms. The second kappa shape index (κ2) is 8.97. The van der Waals surface area contributed by atoms with Crippen molar-refractivity contribution in [3.05, 3.63) is 99.7 Å². The Hall–Kier alpha value is -3.38. The number of ether oxygens (including phenoxy) is 3. The number of hydrogen-bond acceptors (Lipinski definition) is 5. The topological polar surface area (TPSA) is 61.8 Å². The number of halogens is 1. The molecule has 5 nitrogen and oxygen atoms in total. The highest BCUT2D eigenvalue weighted by Crippen LogP contribution is 2.35. The number of ketones is 1. The van der Waals surface area contributed by atoms with E-state index in [2.05, 4.69) is 15.9 Å². The summed E-state index contributed by atoms with van der Waals surface area (Å²) in [5.74, 6) is 0.391. The van der Waals surface area contributed by atoms with Crippen LogP contribution in [0.2, 0.25) is 0 Å². The van der Waals surface area contributed by atoms with Crippen molar-refractivity contribution in [2.75, 3.05) is 6.61 Å². The molecule has 3 aromatic carbocycles. The predicted molar refractivity (Wildman–Crippen MR) is 115 cm³/mol. The first-order valence-electron chi connectivity index (χ1n) is 9.25. The predicted octanol–water partition coefficient (Wildman–Crippen LogP) is 5.19. The molecule has 0 saturated heterocycles. The summed E-state index contributed by atoms with van der Waals surface area (Å²) in [7, 11) is 0. The molecule has 0 spiro atoms. The highest BCUT2D eigenvalue weighted by molar-refractivity contribution is 9.10. The third-order valence-corrected chi connectivity index (χ3v) is 4.94. The van der Waals surface area contributed by atoms with E-state index in [0.717, 1.165) is 15.6 Å². The molecular formula is C24H17BrO5. The van der Waals surface area contributed by atoms with E-state index in [4.69, 9.17) is 14.2 Å². The van der Waals surface area contributed by atoms with Gasteiger partial charge in [-0.3, -0.25) is 4.79 Å². The van der Waals surface area contributed by atoms with Crippen molar-refractivity contribution in [2.24, 2.45) is 0 Å². The van der Waals surface area contributed by atoms with Crippen LogP contribution in [0, 0.1) is 0 Å². The maximum Gasteiger partial charge on any atom is 0.344 e. The van der Waals surface area contributed by atoms with E-state index in [1.165, 1.54) is 0 Å². The number of rotatable bonds is 6. The van der Waals surface area contributed by atoms with Gasteiger partial charge in [0.25, 0.3) is 0 Å². The van der Waals surface area contributed by atoms with E-state index in [9.17, 15) is 9.59 Å². The minimum absolute atomic E-state index is 0.190. The van der Waals surface area contributed by atoms with Gasteiger partial charge in [-0.05, 0) is 41.5 Å². The zero-order valence-electron chi connectivity index (χ0n) is 15.8. The summed E-state index contributed by atoms with van der Waals surface area (Å²) in [6, 6.07) is 21.8. The summed E-state index contributed by atoms with van der Waals surface area (Å²) < 4.78 is 17.3. The smallest absolute Gasteiger partial charge is 0.344 e. The van der Waals surface area contributed by atoms with Crippen LogP contribution in [0.4, 0.5) is 0 Å². The van der Waals surface area contributed by atoms with Gasteiger partial charge in [0.2, 0.25) is 5.78 Å². The van der Waals surface area contributed by atoms with E-state index < -0.39 is 5.97 Å². The first kappa shape index (κ1) is 19.9. The van der Waals surface area contributed by atoms with E-state index >= 15 is 0 Å². The van der Waals surface area contributed by atoms with Crippen LogP contribution in [-0.4, -0.2) is 18.4 Å². The number of allylic oxidation sites excluding steroid dienone is 1. The monoisotopic (exact) mass is 464 g/mol. The van der Waals surface area contributed by atoms with E-state index in [1.54, 1.807) is 24.3 Å². The van der Waals surface area contributed by atoms with Gasteiger partial charge in [-0.25, -0.2) is 4.79 Å². The summed E-state index contributed by atoms with van der Waals surface area (Å²) >= 11 is 3.38. The molecule has 0 bridgehead atoms. The Morgan fingerprint density at radius 2 is 1.77 bits per heavy atom. The van der Waals surface area contributed by atoms with Gasteiger partial charge in [0.05, 0.1) is 5.56 Å². The molecule has 0 N–H and O–H groups in total. The second-order valence-electron chi connectivity index (χ2n) is 6.58. The van der Waals surface area contributed by atoms with Crippen molar-refractivity contribution in [1.29, 1.82) is 0 Å². The van der Waals surface area contributed by atoms with Gasteiger partial charge < -0.3 is 14.2 Å². The minimum atomic E-state index is -0.479. The number of hydrogen-bond donors (Lipinski definition) is 0. The number of carbonyl (C=O) groups excluding carboxylic acids is 2. The van der Waals surface area contributed by atoms with Crippen LogP contribution in [0.3, 0.4) is 0 Å². The van der Waals surface area contributed by atoms with E-state index in [-0.39, 0.29) is 24.8 Å². The van der Waals surface area contributed by atoms with Gasteiger partial charge in [0, 0.05) is 10.5 Å². The quantitative estimate of drug-likeness (QED) is 0.371. The molecule has 0 amide bonds. The van der Waals surface area contributed by atoms with Crippen LogP contribution in [0.25, 0.3) is 6.08 Å². The molecule has 0 aromatic heterocycles. The number of Topliss-reactive ketones (excluding diaryl/α,β-unsaturated/α-hetero) is 1. The van der Waals surface area contributed by atoms with Crippen LogP contribution in [0.15, 0.2) is 83.0 Å². The molecule has 150 valence electrons. The molecule has 1 heterocycles. The van der Waals surface area contributed by atoms with Gasteiger partial charge in [0.1, 0.15) is 18.1 Å². The minimum Gasteiger partial charge on any atom is -0.482 e. The normalized spacial score (nSPS) is 13.6. The molecule has 1 aliphatic rings. The van der Waals surface area contributed by atoms with Crippen LogP contribution in [-0.2, 0) is 16.1 Å². The SMILES string of the molecule is O=C(COc1ccc2c(c1)OC(=Cc1ccc(Br)cc1)C2=O)OCc1ccccc1. The first-order valence-corrected chi connectivity index (χ1v) is 10.0. The molecule has 0 unspecified atom stereocenters. The van der Waals surface area contributed by atoms with Crippen molar-refractivity contribution >= 4 is 33.8 Å². The molecule has 3 aromatic rings. The largest absolute Gasteiger partial charge is 0.482 e. The average Bonchev–Trinajstić information content (AvgIpc) is 3.07. The molecule has 1 aliphatic heterocycles. The van der Waals surface area contributed by atoms with Crippen LogP contribution < -0.4 is 9.47 Å². The molecule has 0 fully saturated rings. The fraction of sp³-hybridized carbons (Fsp3) is 0.0833. The summed E-state index contributed by atoms with van der Waals surface area (Å²) in [5.41, 5.74) is 2.21. The lowest BCUT2D eigenvalue weighted by molar-refractivity contribution is -0.147. The molecule has 30 heavy (non-hydrogen) atoms. The Morgan fingerprint density at radius 3 is 2.53 bits per heavy atom. The van der Waals surface area contributed by atoms with Gasteiger partial charge in [-0.2, -0.15) is 0 Å². The highest BCUT2D eigenvalue weighted by atomic mass is 79.9.